The smallest absolute Gasteiger partial charge is 0.282 e. The van der Waals surface area contributed by atoms with Crippen LogP contribution < -0.4 is 5.32 Å². The van der Waals surface area contributed by atoms with Crippen LogP contribution in [0.1, 0.15) is 35.6 Å². The number of likely N-dealkylation sites (N-methyl/N-ethyl adjacent to an activating group) is 1. The van der Waals surface area contributed by atoms with Crippen LogP contribution in [-0.4, -0.2) is 57.0 Å². The molecule has 6 heterocycles. The van der Waals surface area contributed by atoms with Crippen molar-refractivity contribution in [2.24, 2.45) is 0 Å². The molecule has 1 atom stereocenters. The molecule has 0 saturated carbocycles. The molecule has 0 aliphatic carbocycles. The second-order valence-corrected chi connectivity index (χ2v) is 15.8. The van der Waals surface area contributed by atoms with Gasteiger partial charge in [-0.1, -0.05) is 103 Å². The Balaban J connectivity index is 1.25. The van der Waals surface area contributed by atoms with Gasteiger partial charge in [-0.25, -0.2) is 9.97 Å². The number of amides is 1. The normalized spacial score (nSPS) is 15.4. The molecule has 10 rings (SSSR count). The molecule has 58 heavy (non-hydrogen) atoms. The maximum Gasteiger partial charge on any atom is 0.282 e. The monoisotopic (exact) mass is 755 g/mol. The summed E-state index contributed by atoms with van der Waals surface area (Å²) in [6.07, 6.45) is 10.4. The number of likely N-dealkylation sites (tertiary alicyclic amines) is 1. The van der Waals surface area contributed by atoms with Gasteiger partial charge < -0.3 is 19.8 Å². The molecule has 282 valence electrons. The molecule has 7 heteroatoms. The van der Waals surface area contributed by atoms with Gasteiger partial charge in [0, 0.05) is 62.8 Å². The summed E-state index contributed by atoms with van der Waals surface area (Å²) in [6.45, 7) is 1.01. The van der Waals surface area contributed by atoms with Crippen molar-refractivity contribution in [2.45, 2.75) is 18.9 Å². The molecule has 0 unspecified atom stereocenters. The van der Waals surface area contributed by atoms with Crippen molar-refractivity contribution in [3.63, 3.8) is 0 Å². The second-order valence-electron chi connectivity index (χ2n) is 15.8. The zero-order valence-electron chi connectivity index (χ0n) is 32.5. The van der Waals surface area contributed by atoms with E-state index in [2.05, 4.69) is 163 Å². The number of fused-ring (bicyclic) bond motifs is 8. The Labute approximate surface area is 337 Å². The van der Waals surface area contributed by atoms with Crippen LogP contribution in [0.4, 0.5) is 5.69 Å². The SMILES string of the molecule is C[N+]1(C)CCC[C@@H]1C(=O)Nc1ccc(-c2c3nc(c(-c4ccccc4)c4ccc([nH]4)c(-c4ccccc4)c4nc(c(-c5ccccc5)c5ccc2[nH]5)C=C4)C=C3)cc1. The maximum atomic E-state index is 13.4. The molecule has 1 saturated heterocycles. The molecule has 1 amide bonds. The van der Waals surface area contributed by atoms with Gasteiger partial charge in [0.15, 0.2) is 6.04 Å². The van der Waals surface area contributed by atoms with E-state index >= 15 is 0 Å². The Morgan fingerprint density at radius 1 is 0.517 bits per heavy atom. The highest BCUT2D eigenvalue weighted by molar-refractivity contribution is 6.00. The summed E-state index contributed by atoms with van der Waals surface area (Å²) in [5.41, 5.74) is 16.2. The highest BCUT2D eigenvalue weighted by atomic mass is 16.2. The Hall–Kier alpha value is -7.09. The molecule has 7 aromatic rings. The van der Waals surface area contributed by atoms with Crippen molar-refractivity contribution in [3.8, 4) is 44.5 Å². The molecule has 3 aliphatic heterocycles. The van der Waals surface area contributed by atoms with Crippen molar-refractivity contribution < 1.29 is 9.28 Å². The van der Waals surface area contributed by atoms with E-state index in [-0.39, 0.29) is 11.9 Å². The van der Waals surface area contributed by atoms with Gasteiger partial charge in [0.25, 0.3) is 5.91 Å². The van der Waals surface area contributed by atoms with Gasteiger partial charge in [-0.15, -0.1) is 0 Å². The second kappa shape index (κ2) is 14.4. The van der Waals surface area contributed by atoms with Crippen LogP contribution in [0.2, 0.25) is 0 Å². The first kappa shape index (κ1) is 35.3. The van der Waals surface area contributed by atoms with E-state index in [1.807, 2.05) is 30.3 Å². The Morgan fingerprint density at radius 2 is 0.879 bits per heavy atom. The molecule has 0 radical (unpaired) electrons. The van der Waals surface area contributed by atoms with E-state index in [9.17, 15) is 4.79 Å². The predicted molar refractivity (Wildman–Crippen MR) is 239 cm³/mol. The highest BCUT2D eigenvalue weighted by Crippen LogP contribution is 2.38. The minimum absolute atomic E-state index is 0.0527. The number of quaternary nitrogens is 1. The Morgan fingerprint density at radius 3 is 1.22 bits per heavy atom. The van der Waals surface area contributed by atoms with Gasteiger partial charge in [-0.05, 0) is 83.0 Å². The van der Waals surface area contributed by atoms with Crippen LogP contribution in [0.5, 0.6) is 0 Å². The molecule has 3 aliphatic rings. The summed E-state index contributed by atoms with van der Waals surface area (Å²) in [7, 11) is 4.28. The number of carbonyl (C=O) groups excluding carboxylic acids is 1. The Kier molecular flexibility index (Phi) is 8.80. The summed E-state index contributed by atoms with van der Waals surface area (Å²) >= 11 is 0. The standard InChI is InChI=1S/C51H42N6O/c1-57(2)32-12-19-46(57)51(58)52-37-22-20-36(21-23-37)50-44-30-28-42(55-44)48(34-15-8-4-9-16-34)40-26-24-38(53-40)47(33-13-6-3-7-14-33)39-25-27-41(54-39)49(35-17-10-5-11-18-35)43-29-31-45(50)56-43/h3-11,13-18,20-31,46H,12,19,32H2,1-2H3,(H2-,52,53,54,55,56,58)/p+1/t46-/m1/s1. The van der Waals surface area contributed by atoms with Crippen molar-refractivity contribution in [2.75, 3.05) is 26.0 Å². The van der Waals surface area contributed by atoms with E-state index in [1.54, 1.807) is 0 Å². The fraction of sp³-hybridized carbons (Fsp3) is 0.118. The lowest BCUT2D eigenvalue weighted by atomic mass is 10.0. The molecular formula is C51H43N6O+. The quantitative estimate of drug-likeness (QED) is 0.148. The number of nitrogens with zero attached hydrogens (tertiary/aromatic N) is 3. The number of hydrogen-bond acceptors (Lipinski definition) is 3. The molecule has 3 aromatic heterocycles. The third kappa shape index (κ3) is 6.45. The zero-order valence-corrected chi connectivity index (χ0v) is 32.5. The summed E-state index contributed by atoms with van der Waals surface area (Å²) < 4.78 is 0.712. The number of benzene rings is 4. The minimum atomic E-state index is -0.0527. The average Bonchev–Trinajstić information content (AvgIpc) is 4.11. The third-order valence-electron chi connectivity index (χ3n) is 11.7. The number of nitrogens with one attached hydrogen (secondary N) is 3. The highest BCUT2D eigenvalue weighted by Gasteiger charge is 2.39. The summed E-state index contributed by atoms with van der Waals surface area (Å²) in [4.78, 5) is 31.8. The van der Waals surface area contributed by atoms with Crippen molar-refractivity contribution >= 4 is 58.0 Å². The van der Waals surface area contributed by atoms with Crippen molar-refractivity contribution in [1.29, 1.82) is 0 Å². The fourth-order valence-corrected chi connectivity index (χ4v) is 8.83. The summed E-state index contributed by atoms with van der Waals surface area (Å²) in [6, 6.07) is 48.1. The van der Waals surface area contributed by atoms with Crippen LogP contribution in [0.15, 0.2) is 140 Å². The third-order valence-corrected chi connectivity index (χ3v) is 11.7. The van der Waals surface area contributed by atoms with Crippen molar-refractivity contribution in [1.82, 2.24) is 19.9 Å². The molecule has 4 aromatic carbocycles. The van der Waals surface area contributed by atoms with Crippen LogP contribution in [-0.2, 0) is 4.79 Å². The van der Waals surface area contributed by atoms with E-state index in [0.29, 0.717) is 4.48 Å². The van der Waals surface area contributed by atoms with E-state index < -0.39 is 0 Å². The summed E-state index contributed by atoms with van der Waals surface area (Å²) in [5.74, 6) is 0.0714. The van der Waals surface area contributed by atoms with Crippen LogP contribution in [0, 0.1) is 0 Å². The van der Waals surface area contributed by atoms with Gasteiger partial charge >= 0.3 is 0 Å². The number of aromatic amines is 2. The number of aromatic nitrogens is 4. The largest absolute Gasteiger partial charge is 0.354 e. The fourth-order valence-electron chi connectivity index (χ4n) is 8.83. The first-order valence-corrected chi connectivity index (χ1v) is 20.0. The topological polar surface area (TPSA) is 86.5 Å². The van der Waals surface area contributed by atoms with Crippen molar-refractivity contribution in [3.05, 3.63) is 162 Å². The molecule has 0 spiro atoms. The minimum Gasteiger partial charge on any atom is -0.354 e. The van der Waals surface area contributed by atoms with Gasteiger partial charge in [0.1, 0.15) is 0 Å². The van der Waals surface area contributed by atoms with Gasteiger partial charge in [-0.3, -0.25) is 4.79 Å². The lowest BCUT2D eigenvalue weighted by molar-refractivity contribution is -0.892. The molecule has 1 fully saturated rings. The number of H-pyrrole nitrogens is 2. The predicted octanol–water partition coefficient (Wildman–Crippen LogP) is 11.5. The maximum absolute atomic E-state index is 13.4. The molecule has 7 nitrogen and oxygen atoms in total. The number of carbonyl (C=O) groups is 1. The van der Waals surface area contributed by atoms with E-state index in [4.69, 9.17) is 9.97 Å². The number of anilines is 1. The Bertz CT molecular complexity index is 2880. The molecule has 8 bridgehead atoms. The van der Waals surface area contributed by atoms with Crippen LogP contribution in [0.3, 0.4) is 0 Å². The number of hydrogen-bond donors (Lipinski definition) is 3. The zero-order chi connectivity index (χ0) is 39.2. The first-order valence-electron chi connectivity index (χ1n) is 20.0. The lowest BCUT2D eigenvalue weighted by Gasteiger charge is -2.30. The van der Waals surface area contributed by atoms with E-state index in [1.165, 1.54) is 0 Å². The van der Waals surface area contributed by atoms with Crippen LogP contribution >= 0.6 is 0 Å². The average molecular weight is 756 g/mol. The van der Waals surface area contributed by atoms with E-state index in [0.717, 1.165) is 114 Å². The lowest BCUT2D eigenvalue weighted by Crippen LogP contribution is -2.50. The first-order chi connectivity index (χ1) is 28.4. The molecule has 3 N–H and O–H groups in total. The number of rotatable bonds is 6. The van der Waals surface area contributed by atoms with Gasteiger partial charge in [0.2, 0.25) is 0 Å². The van der Waals surface area contributed by atoms with Gasteiger partial charge in [0.05, 0.1) is 43.4 Å². The van der Waals surface area contributed by atoms with Crippen LogP contribution in [0.25, 0.3) is 90.9 Å². The van der Waals surface area contributed by atoms with Gasteiger partial charge in [-0.2, -0.15) is 0 Å². The molecular weight excluding hydrogens is 713 g/mol. The summed E-state index contributed by atoms with van der Waals surface area (Å²) in [5, 5.41) is 3.21.